The summed E-state index contributed by atoms with van der Waals surface area (Å²) in [5.41, 5.74) is 7.63. The van der Waals surface area contributed by atoms with Gasteiger partial charge in [0.25, 0.3) is 0 Å². The highest BCUT2D eigenvalue weighted by Crippen LogP contribution is 2.15. The highest BCUT2D eigenvalue weighted by molar-refractivity contribution is 7.15. The molecule has 0 aliphatic rings. The summed E-state index contributed by atoms with van der Waals surface area (Å²) in [7, 11) is 2.68. The molecule has 66 valence electrons. The molecule has 0 bridgehead atoms. The van der Waals surface area contributed by atoms with Gasteiger partial charge in [-0.15, -0.1) is 9.24 Å². The van der Waals surface area contributed by atoms with E-state index >= 15 is 0 Å². The van der Waals surface area contributed by atoms with Crippen molar-refractivity contribution in [2.24, 2.45) is 0 Å². The van der Waals surface area contributed by atoms with E-state index in [1.54, 1.807) is 6.20 Å². The Hall–Kier alpha value is -1.21. The number of hydrogen-bond acceptors (Lipinski definition) is 3. The molecule has 0 aliphatic heterocycles. The van der Waals surface area contributed by atoms with Crippen LogP contribution < -0.4 is 5.73 Å². The zero-order chi connectivity index (χ0) is 9.26. The first-order valence-electron chi connectivity index (χ1n) is 4.01. The van der Waals surface area contributed by atoms with Crippen molar-refractivity contribution in [2.45, 2.75) is 6.16 Å². The van der Waals surface area contributed by atoms with E-state index in [2.05, 4.69) is 25.3 Å². The zero-order valence-electron chi connectivity index (χ0n) is 7.07. The number of aromatic nitrogens is 2. The van der Waals surface area contributed by atoms with Gasteiger partial charge in [0, 0.05) is 11.6 Å². The van der Waals surface area contributed by atoms with Crippen molar-refractivity contribution in [3.63, 3.8) is 0 Å². The fraction of sp³-hybridized carbons (Fsp3) is 0.111. The van der Waals surface area contributed by atoms with Crippen LogP contribution >= 0.6 is 9.24 Å². The summed E-state index contributed by atoms with van der Waals surface area (Å²) < 4.78 is 0. The molecule has 4 heteroatoms. The minimum Gasteiger partial charge on any atom is -0.368 e. The number of nitrogen functional groups attached to an aromatic ring is 1. The fourth-order valence-corrected chi connectivity index (χ4v) is 1.46. The highest BCUT2D eigenvalue weighted by Gasteiger charge is 1.97. The van der Waals surface area contributed by atoms with Crippen molar-refractivity contribution in [1.29, 1.82) is 0 Å². The number of benzene rings is 1. The minimum absolute atomic E-state index is 0.327. The number of hydrogen-bond donors (Lipinski definition) is 1. The van der Waals surface area contributed by atoms with E-state index in [0.717, 1.165) is 17.1 Å². The zero-order valence-corrected chi connectivity index (χ0v) is 8.22. The average Bonchev–Trinajstić information content (AvgIpc) is 2.16. The van der Waals surface area contributed by atoms with Gasteiger partial charge in [-0.05, 0) is 17.8 Å². The molecular weight excluding hydrogens is 181 g/mol. The second-order valence-electron chi connectivity index (χ2n) is 2.83. The molecule has 1 heterocycles. The van der Waals surface area contributed by atoms with Crippen LogP contribution in [0.1, 0.15) is 5.56 Å². The molecule has 3 nitrogen and oxygen atoms in total. The molecule has 2 N–H and O–H groups in total. The van der Waals surface area contributed by atoms with Crippen molar-refractivity contribution in [3.8, 4) is 0 Å². The molecule has 1 atom stereocenters. The molecule has 0 spiro atoms. The SMILES string of the molecule is Nc1ncc2ccc(CP)cc2n1. The first kappa shape index (κ1) is 8.39. The monoisotopic (exact) mass is 191 g/mol. The van der Waals surface area contributed by atoms with Crippen LogP contribution in [-0.2, 0) is 6.16 Å². The number of nitrogens with zero attached hydrogens (tertiary/aromatic N) is 2. The van der Waals surface area contributed by atoms with Crippen molar-refractivity contribution >= 4 is 26.1 Å². The largest absolute Gasteiger partial charge is 0.368 e. The van der Waals surface area contributed by atoms with E-state index in [9.17, 15) is 0 Å². The Morgan fingerprint density at radius 1 is 1.38 bits per heavy atom. The molecule has 0 aliphatic carbocycles. The molecule has 1 aromatic carbocycles. The smallest absolute Gasteiger partial charge is 0.220 e. The Kier molecular flexibility index (Phi) is 2.11. The molecule has 1 aromatic heterocycles. The van der Waals surface area contributed by atoms with Crippen molar-refractivity contribution in [1.82, 2.24) is 9.97 Å². The Balaban J connectivity index is 2.68. The lowest BCUT2D eigenvalue weighted by atomic mass is 10.2. The normalized spacial score (nSPS) is 10.5. The van der Waals surface area contributed by atoms with Crippen LogP contribution in [0.2, 0.25) is 0 Å². The van der Waals surface area contributed by atoms with Gasteiger partial charge in [-0.1, -0.05) is 12.1 Å². The van der Waals surface area contributed by atoms with Crippen LogP contribution in [0.4, 0.5) is 5.95 Å². The predicted octanol–water partition coefficient (Wildman–Crippen LogP) is 1.59. The number of nitrogens with two attached hydrogens (primary N) is 1. The molecule has 2 aromatic rings. The second kappa shape index (κ2) is 3.27. The van der Waals surface area contributed by atoms with Crippen molar-refractivity contribution in [3.05, 3.63) is 30.0 Å². The van der Waals surface area contributed by atoms with Crippen LogP contribution in [-0.4, -0.2) is 9.97 Å². The molecule has 1 unspecified atom stereocenters. The van der Waals surface area contributed by atoms with Crippen LogP contribution in [0.3, 0.4) is 0 Å². The van der Waals surface area contributed by atoms with E-state index < -0.39 is 0 Å². The van der Waals surface area contributed by atoms with Crippen LogP contribution in [0.15, 0.2) is 24.4 Å². The number of fused-ring (bicyclic) bond motifs is 1. The van der Waals surface area contributed by atoms with E-state index in [4.69, 9.17) is 5.73 Å². The van der Waals surface area contributed by atoms with E-state index in [1.807, 2.05) is 12.1 Å². The lowest BCUT2D eigenvalue weighted by Crippen LogP contribution is -1.94. The molecule has 0 radical (unpaired) electrons. The Morgan fingerprint density at radius 2 is 2.23 bits per heavy atom. The summed E-state index contributed by atoms with van der Waals surface area (Å²) in [4.78, 5) is 8.07. The average molecular weight is 191 g/mol. The third kappa shape index (κ3) is 1.61. The summed E-state index contributed by atoms with van der Waals surface area (Å²) in [5.74, 6) is 0.327. The second-order valence-corrected chi connectivity index (χ2v) is 3.23. The maximum Gasteiger partial charge on any atom is 0.220 e. The third-order valence-electron chi connectivity index (χ3n) is 1.90. The number of rotatable bonds is 1. The van der Waals surface area contributed by atoms with Gasteiger partial charge in [0.1, 0.15) is 0 Å². The van der Waals surface area contributed by atoms with Gasteiger partial charge in [-0.3, -0.25) is 0 Å². The summed E-state index contributed by atoms with van der Waals surface area (Å²) in [6, 6.07) is 6.10. The first-order chi connectivity index (χ1) is 6.29. The van der Waals surface area contributed by atoms with Gasteiger partial charge in [0.2, 0.25) is 5.95 Å². The summed E-state index contributed by atoms with van der Waals surface area (Å²) in [6.45, 7) is 0. The molecule has 13 heavy (non-hydrogen) atoms. The molecule has 0 fully saturated rings. The summed E-state index contributed by atoms with van der Waals surface area (Å²) in [6.07, 6.45) is 2.67. The third-order valence-corrected chi connectivity index (χ3v) is 2.37. The maximum atomic E-state index is 5.49. The predicted molar refractivity (Wildman–Crippen MR) is 57.4 cm³/mol. The van der Waals surface area contributed by atoms with Crippen LogP contribution in [0.25, 0.3) is 10.9 Å². The van der Waals surface area contributed by atoms with Crippen LogP contribution in [0.5, 0.6) is 0 Å². The standard InChI is InChI=1S/C9H10N3P/c10-9-11-4-7-2-1-6(5-13)3-8(7)12-9/h1-4H,5,13H2,(H2,10,11,12). The maximum absolute atomic E-state index is 5.49. The Morgan fingerprint density at radius 3 is 3.00 bits per heavy atom. The summed E-state index contributed by atoms with van der Waals surface area (Å²) in [5, 5.41) is 1.02. The lowest BCUT2D eigenvalue weighted by Gasteiger charge is -2.00. The van der Waals surface area contributed by atoms with Crippen LogP contribution in [0, 0.1) is 0 Å². The van der Waals surface area contributed by atoms with Gasteiger partial charge in [0.05, 0.1) is 5.52 Å². The van der Waals surface area contributed by atoms with Crippen molar-refractivity contribution < 1.29 is 0 Å². The molecule has 2 rings (SSSR count). The Labute approximate surface area is 78.6 Å². The molecule has 0 amide bonds. The fourth-order valence-electron chi connectivity index (χ4n) is 1.21. The van der Waals surface area contributed by atoms with Gasteiger partial charge in [-0.2, -0.15) is 0 Å². The minimum atomic E-state index is 0.327. The summed E-state index contributed by atoms with van der Waals surface area (Å²) >= 11 is 0. The Bertz CT molecular complexity index is 442. The van der Waals surface area contributed by atoms with Gasteiger partial charge in [-0.25, -0.2) is 9.97 Å². The molecule has 0 saturated heterocycles. The number of anilines is 1. The molecule has 0 saturated carbocycles. The first-order valence-corrected chi connectivity index (χ1v) is 4.82. The van der Waals surface area contributed by atoms with E-state index in [-0.39, 0.29) is 0 Å². The quantitative estimate of drug-likeness (QED) is 0.696. The van der Waals surface area contributed by atoms with E-state index in [1.165, 1.54) is 5.56 Å². The topological polar surface area (TPSA) is 51.8 Å². The highest BCUT2D eigenvalue weighted by atomic mass is 31.0. The lowest BCUT2D eigenvalue weighted by molar-refractivity contribution is 1.23. The van der Waals surface area contributed by atoms with E-state index in [0.29, 0.717) is 5.95 Å². The molecular formula is C9H10N3P. The van der Waals surface area contributed by atoms with Gasteiger partial charge < -0.3 is 5.73 Å². The van der Waals surface area contributed by atoms with Gasteiger partial charge >= 0.3 is 0 Å². The van der Waals surface area contributed by atoms with Gasteiger partial charge in [0.15, 0.2) is 0 Å². The van der Waals surface area contributed by atoms with Crippen molar-refractivity contribution in [2.75, 3.05) is 5.73 Å².